The van der Waals surface area contributed by atoms with Crippen LogP contribution in [-0.2, 0) is 6.54 Å². The molecule has 0 fully saturated rings. The molecule has 0 saturated heterocycles. The second-order valence-corrected chi connectivity index (χ2v) is 4.82. The minimum absolute atomic E-state index is 0.0831. The molecule has 0 radical (unpaired) electrons. The zero-order valence-corrected chi connectivity index (χ0v) is 11.9. The molecule has 0 heterocycles. The summed E-state index contributed by atoms with van der Waals surface area (Å²) in [6.45, 7) is 2.75. The highest BCUT2D eigenvalue weighted by Gasteiger charge is 2.24. The van der Waals surface area contributed by atoms with Crippen molar-refractivity contribution in [2.45, 2.75) is 31.6 Å². The molecular formula is C14H26N4. The first-order valence-electron chi connectivity index (χ1n) is 6.42. The minimum Gasteiger partial charge on any atom is -0.326 e. The summed E-state index contributed by atoms with van der Waals surface area (Å²) in [6.07, 6.45) is 0.957. The number of hydrogen-bond acceptors (Lipinski definition) is 4. The molecule has 1 rings (SSSR count). The first-order chi connectivity index (χ1) is 8.58. The molecule has 1 atom stereocenters. The van der Waals surface area contributed by atoms with Gasteiger partial charge in [0, 0.05) is 12.6 Å². The fourth-order valence-electron chi connectivity index (χ4n) is 2.01. The van der Waals surface area contributed by atoms with Crippen LogP contribution in [-0.4, -0.2) is 26.8 Å². The Balaban J connectivity index is 2.82. The third kappa shape index (κ3) is 3.78. The molecule has 4 nitrogen and oxygen atoms in total. The van der Waals surface area contributed by atoms with Crippen LogP contribution in [0.4, 0.5) is 0 Å². The van der Waals surface area contributed by atoms with Crippen LogP contribution in [0.5, 0.6) is 0 Å². The number of rotatable bonds is 7. The van der Waals surface area contributed by atoms with Gasteiger partial charge >= 0.3 is 0 Å². The standard InChI is InChI=1S/C14H26N4/c1-14(17-3,18-4)9-13(16-2)12-7-5-11(10-15)6-8-12/h5-8,13,16-18H,9-10,15H2,1-4H3. The lowest BCUT2D eigenvalue weighted by Crippen LogP contribution is -2.53. The number of nitrogens with one attached hydrogen (secondary N) is 3. The van der Waals surface area contributed by atoms with Crippen molar-refractivity contribution < 1.29 is 0 Å². The van der Waals surface area contributed by atoms with Crippen LogP contribution >= 0.6 is 0 Å². The van der Waals surface area contributed by atoms with Crippen LogP contribution < -0.4 is 21.7 Å². The van der Waals surface area contributed by atoms with Crippen molar-refractivity contribution in [2.24, 2.45) is 5.73 Å². The predicted molar refractivity (Wildman–Crippen MR) is 77.3 cm³/mol. The Morgan fingerprint density at radius 2 is 1.67 bits per heavy atom. The molecule has 0 aliphatic rings. The Labute approximate surface area is 110 Å². The van der Waals surface area contributed by atoms with Gasteiger partial charge in [-0.2, -0.15) is 0 Å². The first kappa shape index (κ1) is 15.1. The molecule has 0 aliphatic carbocycles. The van der Waals surface area contributed by atoms with Gasteiger partial charge in [0.05, 0.1) is 5.66 Å². The maximum atomic E-state index is 5.62. The van der Waals surface area contributed by atoms with E-state index >= 15 is 0 Å². The van der Waals surface area contributed by atoms with E-state index in [4.69, 9.17) is 5.73 Å². The van der Waals surface area contributed by atoms with Crippen molar-refractivity contribution in [3.63, 3.8) is 0 Å². The summed E-state index contributed by atoms with van der Waals surface area (Å²) >= 11 is 0. The molecular weight excluding hydrogens is 224 g/mol. The highest BCUT2D eigenvalue weighted by molar-refractivity contribution is 5.25. The smallest absolute Gasteiger partial charge is 0.0671 e. The lowest BCUT2D eigenvalue weighted by Gasteiger charge is -2.33. The molecule has 0 aliphatic heterocycles. The van der Waals surface area contributed by atoms with Gasteiger partial charge < -0.3 is 21.7 Å². The lowest BCUT2D eigenvalue weighted by molar-refractivity contribution is 0.269. The fourth-order valence-corrected chi connectivity index (χ4v) is 2.01. The summed E-state index contributed by atoms with van der Waals surface area (Å²) in [4.78, 5) is 0. The maximum Gasteiger partial charge on any atom is 0.0671 e. The summed E-state index contributed by atoms with van der Waals surface area (Å²) in [5, 5.41) is 10.00. The largest absolute Gasteiger partial charge is 0.326 e. The Morgan fingerprint density at radius 3 is 2.06 bits per heavy atom. The Hall–Kier alpha value is -0.940. The van der Waals surface area contributed by atoms with E-state index < -0.39 is 0 Å². The lowest BCUT2D eigenvalue weighted by atomic mass is 9.95. The molecule has 1 aromatic carbocycles. The summed E-state index contributed by atoms with van der Waals surface area (Å²) < 4.78 is 0. The van der Waals surface area contributed by atoms with E-state index in [1.54, 1.807) is 0 Å². The SMILES string of the molecule is CNC(CC(C)(NC)NC)c1ccc(CN)cc1. The van der Waals surface area contributed by atoms with Gasteiger partial charge in [-0.15, -0.1) is 0 Å². The van der Waals surface area contributed by atoms with Crippen molar-refractivity contribution >= 4 is 0 Å². The molecule has 0 amide bonds. The van der Waals surface area contributed by atoms with E-state index in [0.29, 0.717) is 12.6 Å². The van der Waals surface area contributed by atoms with Crippen LogP contribution in [0.3, 0.4) is 0 Å². The second kappa shape index (κ2) is 6.85. The van der Waals surface area contributed by atoms with Crippen LogP contribution in [0.25, 0.3) is 0 Å². The van der Waals surface area contributed by atoms with Gasteiger partial charge in [0.2, 0.25) is 0 Å². The van der Waals surface area contributed by atoms with Crippen molar-refractivity contribution in [1.29, 1.82) is 0 Å². The number of hydrogen-bond donors (Lipinski definition) is 4. The summed E-state index contributed by atoms with van der Waals surface area (Å²) in [5.41, 5.74) is 7.98. The minimum atomic E-state index is -0.0831. The highest BCUT2D eigenvalue weighted by atomic mass is 15.2. The highest BCUT2D eigenvalue weighted by Crippen LogP contribution is 2.22. The van der Waals surface area contributed by atoms with Gasteiger partial charge in [-0.05, 0) is 45.6 Å². The first-order valence-corrected chi connectivity index (χ1v) is 6.42. The van der Waals surface area contributed by atoms with Crippen LogP contribution in [0.1, 0.15) is 30.5 Å². The number of benzene rings is 1. The van der Waals surface area contributed by atoms with Gasteiger partial charge in [0.15, 0.2) is 0 Å². The molecule has 0 saturated carbocycles. The number of nitrogens with two attached hydrogens (primary N) is 1. The van der Waals surface area contributed by atoms with Crippen molar-refractivity contribution in [3.8, 4) is 0 Å². The molecule has 1 aromatic rings. The van der Waals surface area contributed by atoms with Gasteiger partial charge in [-0.3, -0.25) is 0 Å². The Kier molecular flexibility index (Phi) is 5.75. The molecule has 5 N–H and O–H groups in total. The summed E-state index contributed by atoms with van der Waals surface area (Å²) in [7, 11) is 5.94. The van der Waals surface area contributed by atoms with Gasteiger partial charge in [0.25, 0.3) is 0 Å². The zero-order valence-electron chi connectivity index (χ0n) is 11.9. The van der Waals surface area contributed by atoms with E-state index in [1.807, 2.05) is 21.1 Å². The molecule has 0 aromatic heterocycles. The quantitative estimate of drug-likeness (QED) is 0.544. The van der Waals surface area contributed by atoms with Crippen LogP contribution in [0, 0.1) is 0 Å². The predicted octanol–water partition coefficient (Wildman–Crippen LogP) is 0.951. The molecule has 102 valence electrons. The molecule has 1 unspecified atom stereocenters. The van der Waals surface area contributed by atoms with Crippen molar-refractivity contribution in [1.82, 2.24) is 16.0 Å². The third-order valence-electron chi connectivity index (χ3n) is 3.68. The van der Waals surface area contributed by atoms with Gasteiger partial charge in [-0.1, -0.05) is 24.3 Å². The maximum absolute atomic E-state index is 5.62. The van der Waals surface area contributed by atoms with Gasteiger partial charge in [0.1, 0.15) is 0 Å². The van der Waals surface area contributed by atoms with E-state index in [-0.39, 0.29) is 5.66 Å². The van der Waals surface area contributed by atoms with E-state index in [2.05, 4.69) is 47.1 Å². The summed E-state index contributed by atoms with van der Waals surface area (Å²) in [6, 6.07) is 8.79. The molecule has 0 spiro atoms. The topological polar surface area (TPSA) is 62.1 Å². The molecule has 4 heteroatoms. The molecule has 18 heavy (non-hydrogen) atoms. The zero-order chi connectivity index (χ0) is 13.6. The van der Waals surface area contributed by atoms with Crippen molar-refractivity contribution in [3.05, 3.63) is 35.4 Å². The average molecular weight is 250 g/mol. The van der Waals surface area contributed by atoms with E-state index in [0.717, 1.165) is 6.42 Å². The normalized spacial score (nSPS) is 13.6. The van der Waals surface area contributed by atoms with E-state index in [1.165, 1.54) is 11.1 Å². The monoisotopic (exact) mass is 250 g/mol. The summed E-state index contributed by atoms with van der Waals surface area (Å²) in [5.74, 6) is 0. The van der Waals surface area contributed by atoms with Gasteiger partial charge in [-0.25, -0.2) is 0 Å². The Bertz CT molecular complexity index is 343. The fraction of sp³-hybridized carbons (Fsp3) is 0.571. The second-order valence-electron chi connectivity index (χ2n) is 4.82. The third-order valence-corrected chi connectivity index (χ3v) is 3.68. The Morgan fingerprint density at radius 1 is 1.11 bits per heavy atom. The average Bonchev–Trinajstić information content (AvgIpc) is 2.44. The van der Waals surface area contributed by atoms with Crippen molar-refractivity contribution in [2.75, 3.05) is 21.1 Å². The van der Waals surface area contributed by atoms with Crippen LogP contribution in [0.2, 0.25) is 0 Å². The molecule has 0 bridgehead atoms. The van der Waals surface area contributed by atoms with E-state index in [9.17, 15) is 0 Å². The van der Waals surface area contributed by atoms with Crippen LogP contribution in [0.15, 0.2) is 24.3 Å².